The maximum Gasteiger partial charge on any atom is 0.267 e. The highest BCUT2D eigenvalue weighted by molar-refractivity contribution is 7.98. The van der Waals surface area contributed by atoms with Crippen LogP contribution in [0.5, 0.6) is 0 Å². The molecule has 0 unspecified atom stereocenters. The number of para-hydroxylation sites is 1. The molecule has 0 spiro atoms. The van der Waals surface area contributed by atoms with E-state index in [1.165, 1.54) is 11.8 Å². The third-order valence-electron chi connectivity index (χ3n) is 5.43. The Kier molecular flexibility index (Phi) is 4.17. The summed E-state index contributed by atoms with van der Waals surface area (Å²) in [6, 6.07) is 15.3. The number of nitrogens with zero attached hydrogens (tertiary/aromatic N) is 6. The molecule has 31 heavy (non-hydrogen) atoms. The Hall–Kier alpha value is -3.46. The smallest absolute Gasteiger partial charge is 0.267 e. The predicted molar refractivity (Wildman–Crippen MR) is 117 cm³/mol. The predicted octanol–water partition coefficient (Wildman–Crippen LogP) is 3.89. The zero-order chi connectivity index (χ0) is 20.9. The van der Waals surface area contributed by atoms with Crippen LogP contribution in [-0.4, -0.2) is 29.3 Å². The van der Waals surface area contributed by atoms with E-state index >= 15 is 0 Å². The Morgan fingerprint density at radius 3 is 2.71 bits per heavy atom. The van der Waals surface area contributed by atoms with Crippen molar-refractivity contribution in [3.05, 3.63) is 76.2 Å². The lowest BCUT2D eigenvalue weighted by atomic mass is 10.2. The van der Waals surface area contributed by atoms with E-state index in [9.17, 15) is 4.79 Å². The molecule has 154 valence electrons. The summed E-state index contributed by atoms with van der Waals surface area (Å²) in [5, 5.41) is 14.1. The van der Waals surface area contributed by atoms with Crippen LogP contribution in [0.3, 0.4) is 0 Å². The first kappa shape index (κ1) is 18.3. The van der Waals surface area contributed by atoms with Gasteiger partial charge < -0.3 is 4.52 Å². The van der Waals surface area contributed by atoms with Gasteiger partial charge in [0.05, 0.1) is 22.3 Å². The van der Waals surface area contributed by atoms with Crippen molar-refractivity contribution < 1.29 is 4.52 Å². The summed E-state index contributed by atoms with van der Waals surface area (Å²) in [7, 11) is 0. The third kappa shape index (κ3) is 3.12. The van der Waals surface area contributed by atoms with Crippen molar-refractivity contribution >= 4 is 28.4 Å². The van der Waals surface area contributed by atoms with E-state index in [4.69, 9.17) is 4.52 Å². The Bertz CT molecular complexity index is 1480. The van der Waals surface area contributed by atoms with Crippen molar-refractivity contribution in [3.8, 4) is 5.69 Å². The minimum absolute atomic E-state index is 0.122. The number of benzene rings is 2. The SMILES string of the molecule is Cc1ccc(-n2c(=O)c3ccccc3n3c(SCc4noc(C5CC5)n4)nnc23)cc1. The minimum Gasteiger partial charge on any atom is -0.339 e. The van der Waals surface area contributed by atoms with Gasteiger partial charge in [-0.1, -0.05) is 46.7 Å². The topological polar surface area (TPSA) is 91.1 Å². The fourth-order valence-corrected chi connectivity index (χ4v) is 4.43. The number of aryl methyl sites for hydroxylation is 1. The summed E-state index contributed by atoms with van der Waals surface area (Å²) < 4.78 is 8.89. The van der Waals surface area contributed by atoms with Crippen LogP contribution in [0, 0.1) is 6.92 Å². The van der Waals surface area contributed by atoms with Crippen LogP contribution in [0.4, 0.5) is 0 Å². The van der Waals surface area contributed by atoms with Crippen LogP contribution in [-0.2, 0) is 5.75 Å². The fourth-order valence-electron chi connectivity index (χ4n) is 3.65. The maximum absolute atomic E-state index is 13.3. The highest BCUT2D eigenvalue weighted by Gasteiger charge is 2.29. The number of aromatic nitrogens is 6. The van der Waals surface area contributed by atoms with Gasteiger partial charge in [0, 0.05) is 5.92 Å². The van der Waals surface area contributed by atoms with E-state index in [1.807, 2.05) is 59.9 Å². The standard InChI is InChI=1S/C22H18N6O2S/c1-13-6-10-15(11-7-13)27-20(29)16-4-2-3-5-17(16)28-21(27)24-25-22(28)31-12-18-23-19(30-26-18)14-8-9-14/h2-7,10-11,14H,8-9,12H2,1H3. The quantitative estimate of drug-likeness (QED) is 0.391. The summed E-state index contributed by atoms with van der Waals surface area (Å²) in [5.41, 5.74) is 2.52. The second-order valence-corrected chi connectivity index (χ2v) is 8.67. The van der Waals surface area contributed by atoms with Crippen molar-refractivity contribution in [1.82, 2.24) is 29.3 Å². The molecule has 6 rings (SSSR count). The summed E-state index contributed by atoms with van der Waals surface area (Å²) >= 11 is 1.47. The first-order chi connectivity index (χ1) is 15.2. The summed E-state index contributed by atoms with van der Waals surface area (Å²) in [6.07, 6.45) is 2.23. The van der Waals surface area contributed by atoms with Crippen molar-refractivity contribution in [1.29, 1.82) is 0 Å². The summed E-state index contributed by atoms with van der Waals surface area (Å²) in [6.45, 7) is 2.01. The van der Waals surface area contributed by atoms with Crippen LogP contribution < -0.4 is 5.56 Å². The van der Waals surface area contributed by atoms with Crippen LogP contribution in [0.2, 0.25) is 0 Å². The van der Waals surface area contributed by atoms with E-state index in [2.05, 4.69) is 20.3 Å². The lowest BCUT2D eigenvalue weighted by Crippen LogP contribution is -2.21. The third-order valence-corrected chi connectivity index (χ3v) is 6.35. The van der Waals surface area contributed by atoms with Gasteiger partial charge in [-0.3, -0.25) is 9.20 Å². The molecule has 1 fully saturated rings. The van der Waals surface area contributed by atoms with Gasteiger partial charge in [0.1, 0.15) is 0 Å². The van der Waals surface area contributed by atoms with Crippen molar-refractivity contribution in [3.63, 3.8) is 0 Å². The molecule has 1 aliphatic rings. The lowest BCUT2D eigenvalue weighted by molar-refractivity contribution is 0.375. The molecular formula is C22H18N6O2S. The fraction of sp³-hybridized carbons (Fsp3) is 0.227. The van der Waals surface area contributed by atoms with Gasteiger partial charge in [0.15, 0.2) is 11.0 Å². The molecule has 1 saturated carbocycles. The van der Waals surface area contributed by atoms with Crippen molar-refractivity contribution in [2.75, 3.05) is 0 Å². The molecule has 0 N–H and O–H groups in total. The zero-order valence-corrected chi connectivity index (χ0v) is 17.5. The average molecular weight is 430 g/mol. The first-order valence-electron chi connectivity index (χ1n) is 10.1. The Labute approximate surface area is 180 Å². The van der Waals surface area contributed by atoms with Crippen LogP contribution in [0.1, 0.15) is 36.0 Å². The van der Waals surface area contributed by atoms with E-state index in [0.29, 0.717) is 33.8 Å². The molecule has 0 bridgehead atoms. The molecule has 1 aliphatic carbocycles. The van der Waals surface area contributed by atoms with Gasteiger partial charge in [-0.05, 0) is 44.0 Å². The number of hydrogen-bond donors (Lipinski definition) is 0. The zero-order valence-electron chi connectivity index (χ0n) is 16.7. The monoisotopic (exact) mass is 430 g/mol. The van der Waals surface area contributed by atoms with E-state index in [1.54, 1.807) is 4.57 Å². The molecule has 3 heterocycles. The number of thioether (sulfide) groups is 1. The molecule has 3 aromatic heterocycles. The summed E-state index contributed by atoms with van der Waals surface area (Å²) in [5.74, 6) is 2.77. The lowest BCUT2D eigenvalue weighted by Gasteiger charge is -2.11. The van der Waals surface area contributed by atoms with Crippen LogP contribution in [0.15, 0.2) is 63.0 Å². The minimum atomic E-state index is -0.122. The summed E-state index contributed by atoms with van der Waals surface area (Å²) in [4.78, 5) is 17.8. The normalized spacial score (nSPS) is 14.0. The van der Waals surface area contributed by atoms with Gasteiger partial charge in [0.2, 0.25) is 11.7 Å². The first-order valence-corrected chi connectivity index (χ1v) is 11.1. The van der Waals surface area contributed by atoms with E-state index in [0.717, 1.165) is 35.5 Å². The molecule has 9 heteroatoms. The van der Waals surface area contributed by atoms with Crippen LogP contribution in [0.25, 0.3) is 22.4 Å². The highest BCUT2D eigenvalue weighted by atomic mass is 32.2. The van der Waals surface area contributed by atoms with Gasteiger partial charge >= 0.3 is 0 Å². The Morgan fingerprint density at radius 1 is 1.10 bits per heavy atom. The van der Waals surface area contributed by atoms with Gasteiger partial charge in [-0.15, -0.1) is 10.2 Å². The van der Waals surface area contributed by atoms with Crippen molar-refractivity contribution in [2.24, 2.45) is 0 Å². The number of fused-ring (bicyclic) bond motifs is 3. The van der Waals surface area contributed by atoms with Gasteiger partial charge in [-0.25, -0.2) is 4.57 Å². The van der Waals surface area contributed by atoms with Gasteiger partial charge in [0.25, 0.3) is 5.56 Å². The van der Waals surface area contributed by atoms with E-state index in [-0.39, 0.29) is 5.56 Å². The molecule has 2 aromatic carbocycles. The number of rotatable bonds is 5. The Morgan fingerprint density at radius 2 is 1.90 bits per heavy atom. The van der Waals surface area contributed by atoms with E-state index < -0.39 is 0 Å². The van der Waals surface area contributed by atoms with Crippen LogP contribution >= 0.6 is 11.8 Å². The second kappa shape index (κ2) is 7.05. The molecule has 0 amide bonds. The molecule has 5 aromatic rings. The average Bonchev–Trinajstić information content (AvgIpc) is 3.38. The number of hydrogen-bond acceptors (Lipinski definition) is 7. The molecule has 8 nitrogen and oxygen atoms in total. The molecule has 0 atom stereocenters. The Balaban J connectivity index is 1.48. The molecule has 0 radical (unpaired) electrons. The molecule has 0 aliphatic heterocycles. The molecular weight excluding hydrogens is 412 g/mol. The van der Waals surface area contributed by atoms with Gasteiger partial charge in [-0.2, -0.15) is 4.98 Å². The largest absolute Gasteiger partial charge is 0.339 e. The highest BCUT2D eigenvalue weighted by Crippen LogP contribution is 2.39. The maximum atomic E-state index is 13.3. The molecule has 0 saturated heterocycles. The second-order valence-electron chi connectivity index (χ2n) is 7.72. The van der Waals surface area contributed by atoms with Crippen molar-refractivity contribution in [2.45, 2.75) is 36.6 Å².